The van der Waals surface area contributed by atoms with Crippen LogP contribution in [0.25, 0.3) is 11.9 Å². The molecule has 0 saturated carbocycles. The summed E-state index contributed by atoms with van der Waals surface area (Å²) in [7, 11) is 0. The van der Waals surface area contributed by atoms with Crippen LogP contribution in [0, 0.1) is 11.7 Å². The molecule has 2 aromatic rings. The van der Waals surface area contributed by atoms with Crippen LogP contribution in [0.15, 0.2) is 41.5 Å². The molecule has 0 aliphatic carbocycles. The number of rotatable bonds is 3. The van der Waals surface area contributed by atoms with Gasteiger partial charge in [-0.3, -0.25) is 4.98 Å². The van der Waals surface area contributed by atoms with Gasteiger partial charge in [0.25, 0.3) is 0 Å². The van der Waals surface area contributed by atoms with Gasteiger partial charge in [0.05, 0.1) is 17.9 Å². The standard InChI is InChI=1S/C22H17F8N3OS/c23-15-3-1-11(6-16(24)17-4-2-13(8-32-17)21(25,26)27)5-14(15)20-7-12(9-35-19(31)33-20)18(34-10-20)22(28,29)30/h1-6,8,12,18H,7,9-10H2,(H2,31,33)/b16-6-/t12-,18-,20+/m0/s1. The molecule has 2 aliphatic rings. The number of hydrogen-bond acceptors (Lipinski definition) is 5. The van der Waals surface area contributed by atoms with Gasteiger partial charge in [-0.1, -0.05) is 17.8 Å². The molecule has 2 bridgehead atoms. The number of halogens is 8. The van der Waals surface area contributed by atoms with Crippen molar-refractivity contribution < 1.29 is 39.9 Å². The van der Waals surface area contributed by atoms with E-state index < -0.39 is 53.7 Å². The summed E-state index contributed by atoms with van der Waals surface area (Å²) in [6.07, 6.45) is -10.1. The van der Waals surface area contributed by atoms with Crippen molar-refractivity contribution in [1.29, 1.82) is 0 Å². The van der Waals surface area contributed by atoms with Crippen LogP contribution in [0.4, 0.5) is 35.1 Å². The molecule has 0 radical (unpaired) electrons. The smallest absolute Gasteiger partial charge is 0.379 e. The summed E-state index contributed by atoms with van der Waals surface area (Å²) < 4.78 is 113. The molecular formula is C22H17F8N3OS. The van der Waals surface area contributed by atoms with Gasteiger partial charge in [-0.15, -0.1) is 0 Å². The topological polar surface area (TPSA) is 60.5 Å². The predicted octanol–water partition coefficient (Wildman–Crippen LogP) is 5.93. The summed E-state index contributed by atoms with van der Waals surface area (Å²) >= 11 is 0.914. The van der Waals surface area contributed by atoms with E-state index in [9.17, 15) is 35.1 Å². The van der Waals surface area contributed by atoms with Gasteiger partial charge in [-0.2, -0.15) is 26.3 Å². The highest BCUT2D eigenvalue weighted by atomic mass is 32.2. The van der Waals surface area contributed by atoms with Crippen molar-refractivity contribution in [2.75, 3.05) is 12.4 Å². The molecule has 1 aromatic carbocycles. The molecule has 13 heteroatoms. The van der Waals surface area contributed by atoms with E-state index in [1.165, 1.54) is 12.1 Å². The second kappa shape index (κ2) is 9.08. The number of nitrogens with zero attached hydrogens (tertiary/aromatic N) is 2. The van der Waals surface area contributed by atoms with Crippen LogP contribution in [0.3, 0.4) is 0 Å². The molecule has 4 rings (SSSR count). The molecule has 1 aromatic heterocycles. The van der Waals surface area contributed by atoms with E-state index in [1.54, 1.807) is 0 Å². The number of benzene rings is 1. The molecule has 1 fully saturated rings. The number of fused-ring (bicyclic) bond motifs is 2. The van der Waals surface area contributed by atoms with Gasteiger partial charge >= 0.3 is 12.4 Å². The summed E-state index contributed by atoms with van der Waals surface area (Å²) in [4.78, 5) is 7.75. The van der Waals surface area contributed by atoms with Crippen LogP contribution in [0.5, 0.6) is 0 Å². The molecule has 0 spiro atoms. The van der Waals surface area contributed by atoms with Gasteiger partial charge in [-0.05, 0) is 42.3 Å². The molecule has 188 valence electrons. The first-order valence-electron chi connectivity index (χ1n) is 10.2. The van der Waals surface area contributed by atoms with Crippen molar-refractivity contribution in [2.45, 2.75) is 30.4 Å². The number of hydrogen-bond donors (Lipinski definition) is 1. The van der Waals surface area contributed by atoms with E-state index in [-0.39, 0.29) is 34.2 Å². The zero-order valence-corrected chi connectivity index (χ0v) is 18.4. The lowest BCUT2D eigenvalue weighted by atomic mass is 9.78. The van der Waals surface area contributed by atoms with E-state index in [0.29, 0.717) is 12.3 Å². The lowest BCUT2D eigenvalue weighted by molar-refractivity contribution is -0.252. The summed E-state index contributed by atoms with van der Waals surface area (Å²) in [5, 5.41) is -0.0283. The molecule has 4 nitrogen and oxygen atoms in total. The van der Waals surface area contributed by atoms with Crippen molar-refractivity contribution in [2.24, 2.45) is 16.6 Å². The Labute approximate surface area is 198 Å². The van der Waals surface area contributed by atoms with Crippen LogP contribution in [0.1, 0.15) is 28.8 Å². The predicted molar refractivity (Wildman–Crippen MR) is 114 cm³/mol. The van der Waals surface area contributed by atoms with E-state index in [2.05, 4.69) is 9.98 Å². The highest BCUT2D eigenvalue weighted by molar-refractivity contribution is 8.13. The van der Waals surface area contributed by atoms with Crippen molar-refractivity contribution >= 4 is 28.8 Å². The first kappa shape index (κ1) is 25.4. The van der Waals surface area contributed by atoms with Gasteiger partial charge in [0.1, 0.15) is 17.2 Å². The number of pyridine rings is 1. The second-order valence-corrected chi connectivity index (χ2v) is 9.23. The average Bonchev–Trinajstić information content (AvgIpc) is 2.89. The van der Waals surface area contributed by atoms with Gasteiger partial charge in [-0.25, -0.2) is 13.8 Å². The van der Waals surface area contributed by atoms with Crippen molar-refractivity contribution in [3.8, 4) is 0 Å². The Morgan fingerprint density at radius 3 is 2.51 bits per heavy atom. The molecule has 2 aliphatic heterocycles. The van der Waals surface area contributed by atoms with E-state index in [1.807, 2.05) is 0 Å². The summed E-state index contributed by atoms with van der Waals surface area (Å²) in [6.45, 7) is -0.595. The first-order chi connectivity index (χ1) is 16.3. The maximum Gasteiger partial charge on any atom is 0.417 e. The quantitative estimate of drug-likeness (QED) is 0.507. The summed E-state index contributed by atoms with van der Waals surface area (Å²) in [6, 6.07) is 4.93. The third-order valence-corrected chi connectivity index (χ3v) is 6.72. The van der Waals surface area contributed by atoms with E-state index in [4.69, 9.17) is 10.5 Å². The largest absolute Gasteiger partial charge is 0.417 e. The highest BCUT2D eigenvalue weighted by Crippen LogP contribution is 2.47. The Morgan fingerprint density at radius 1 is 1.14 bits per heavy atom. The molecule has 0 amide bonds. The number of amidine groups is 1. The lowest BCUT2D eigenvalue weighted by Crippen LogP contribution is -2.50. The second-order valence-electron chi connectivity index (χ2n) is 8.19. The SMILES string of the molecule is NC1=N[C@@]2(c3cc(/C=C(\F)c4ccc(C(F)(F)F)cn4)ccc3F)CO[C@H](C(F)(F)F)[C@H](CS1)C2. The normalized spacial score (nSPS) is 25.7. The minimum atomic E-state index is -4.64. The minimum absolute atomic E-state index is 0.0283. The van der Waals surface area contributed by atoms with E-state index >= 15 is 0 Å². The number of nitrogens with two attached hydrogens (primary N) is 1. The highest BCUT2D eigenvalue weighted by Gasteiger charge is 2.54. The Kier molecular flexibility index (Phi) is 6.60. The third kappa shape index (κ3) is 5.30. The molecule has 1 saturated heterocycles. The Bertz CT molecular complexity index is 1160. The van der Waals surface area contributed by atoms with Gasteiger partial charge in [0.15, 0.2) is 11.3 Å². The minimum Gasteiger partial charge on any atom is -0.379 e. The number of aromatic nitrogens is 1. The van der Waals surface area contributed by atoms with Crippen LogP contribution in [0.2, 0.25) is 0 Å². The van der Waals surface area contributed by atoms with Gasteiger partial charge in [0, 0.05) is 23.4 Å². The molecular weight excluding hydrogens is 506 g/mol. The number of thioether (sulfide) groups is 1. The Morgan fingerprint density at radius 2 is 1.89 bits per heavy atom. The molecule has 3 atom stereocenters. The van der Waals surface area contributed by atoms with Gasteiger partial charge < -0.3 is 10.5 Å². The Balaban J connectivity index is 1.69. The maximum atomic E-state index is 14.9. The Hall–Kier alpha value is -2.67. The van der Waals surface area contributed by atoms with Crippen LogP contribution in [-0.4, -0.2) is 34.8 Å². The lowest BCUT2D eigenvalue weighted by Gasteiger charge is -2.41. The molecule has 0 unspecified atom stereocenters. The van der Waals surface area contributed by atoms with Crippen molar-refractivity contribution in [1.82, 2.24) is 4.98 Å². The zero-order chi connectivity index (χ0) is 25.6. The number of ether oxygens (including phenoxy) is 1. The zero-order valence-electron chi connectivity index (χ0n) is 17.6. The fourth-order valence-electron chi connectivity index (χ4n) is 4.15. The van der Waals surface area contributed by atoms with Crippen molar-refractivity contribution in [3.05, 3.63) is 64.7 Å². The van der Waals surface area contributed by atoms with Crippen molar-refractivity contribution in [3.63, 3.8) is 0 Å². The monoisotopic (exact) mass is 523 g/mol. The van der Waals surface area contributed by atoms with E-state index in [0.717, 1.165) is 30.0 Å². The first-order valence-corrected chi connectivity index (χ1v) is 11.1. The maximum absolute atomic E-state index is 14.9. The third-order valence-electron chi connectivity index (χ3n) is 5.74. The average molecular weight is 523 g/mol. The fraction of sp³-hybridized carbons (Fsp3) is 0.364. The van der Waals surface area contributed by atoms with Crippen LogP contribution >= 0.6 is 11.8 Å². The number of aliphatic imine (C=N–C) groups is 1. The molecule has 35 heavy (non-hydrogen) atoms. The number of alkyl halides is 6. The summed E-state index contributed by atoms with van der Waals surface area (Å²) in [5.41, 5.74) is 2.82. The van der Waals surface area contributed by atoms with Gasteiger partial charge in [0.2, 0.25) is 0 Å². The van der Waals surface area contributed by atoms with Crippen LogP contribution in [-0.2, 0) is 16.5 Å². The summed E-state index contributed by atoms with van der Waals surface area (Å²) in [5.74, 6) is -2.88. The van der Waals surface area contributed by atoms with Crippen LogP contribution < -0.4 is 5.73 Å². The fourth-order valence-corrected chi connectivity index (χ4v) is 5.06. The molecule has 2 N–H and O–H groups in total. The molecule has 3 heterocycles.